The second-order valence-corrected chi connectivity index (χ2v) is 7.31. The van der Waals surface area contributed by atoms with Crippen LogP contribution in [0.15, 0.2) is 24.5 Å². The van der Waals surface area contributed by atoms with Crippen LogP contribution in [0.25, 0.3) is 0 Å². The number of amides is 1. The zero-order chi connectivity index (χ0) is 16.8. The number of piperazine rings is 1. The lowest BCUT2D eigenvalue weighted by Gasteiger charge is -2.36. The molecule has 1 aromatic heterocycles. The summed E-state index contributed by atoms with van der Waals surface area (Å²) in [6.07, 6.45) is 6.95. The van der Waals surface area contributed by atoms with Crippen molar-refractivity contribution in [2.75, 3.05) is 39.3 Å². The molecule has 2 unspecified atom stereocenters. The van der Waals surface area contributed by atoms with Crippen molar-refractivity contribution in [1.82, 2.24) is 20.1 Å². The molecule has 25 heavy (non-hydrogen) atoms. The smallest absolute Gasteiger partial charge is 0.222 e. The van der Waals surface area contributed by atoms with Crippen molar-refractivity contribution >= 4 is 18.3 Å². The minimum atomic E-state index is 0. The summed E-state index contributed by atoms with van der Waals surface area (Å²) in [4.78, 5) is 21.2. The van der Waals surface area contributed by atoms with E-state index in [-0.39, 0.29) is 12.4 Å². The minimum absolute atomic E-state index is 0. The summed E-state index contributed by atoms with van der Waals surface area (Å²) in [7, 11) is 0. The van der Waals surface area contributed by atoms with E-state index in [9.17, 15) is 4.79 Å². The van der Waals surface area contributed by atoms with Crippen molar-refractivity contribution in [2.45, 2.75) is 32.7 Å². The predicted molar refractivity (Wildman–Crippen MR) is 103 cm³/mol. The second kappa shape index (κ2) is 10.1. The Morgan fingerprint density at radius 1 is 1.36 bits per heavy atom. The van der Waals surface area contributed by atoms with E-state index in [0.717, 1.165) is 45.8 Å². The number of nitrogens with one attached hydrogen (secondary N) is 1. The first-order chi connectivity index (χ1) is 11.7. The number of halogens is 1. The molecule has 0 saturated carbocycles. The Morgan fingerprint density at radius 3 is 2.80 bits per heavy atom. The molecule has 2 aliphatic rings. The molecule has 0 spiro atoms. The molecular formula is C19H31ClN4O. The Hall–Kier alpha value is -1.17. The third-order valence-corrected chi connectivity index (χ3v) is 5.49. The standard InChI is InChI=1S/C19H30N4O.ClH/c1-16(18-5-3-7-21-14-18)12-19(24)23-10-8-22(9-11-23)15-17-4-2-6-20-13-17;/h2,4,6,13,16,18,21H,3,5,7-12,14-15H2,1H3;1H. The third-order valence-electron chi connectivity index (χ3n) is 5.49. The van der Waals surface area contributed by atoms with E-state index in [4.69, 9.17) is 0 Å². The molecule has 1 N–H and O–H groups in total. The third kappa shape index (κ3) is 5.94. The molecule has 2 saturated heterocycles. The molecule has 0 aromatic carbocycles. The minimum Gasteiger partial charge on any atom is -0.340 e. The molecule has 1 amide bonds. The van der Waals surface area contributed by atoms with E-state index in [0.29, 0.717) is 24.2 Å². The first-order valence-corrected chi connectivity index (χ1v) is 9.32. The summed E-state index contributed by atoms with van der Waals surface area (Å²) in [5, 5.41) is 3.46. The van der Waals surface area contributed by atoms with Gasteiger partial charge in [0.25, 0.3) is 0 Å². The average molecular weight is 367 g/mol. The Morgan fingerprint density at radius 2 is 2.16 bits per heavy atom. The van der Waals surface area contributed by atoms with Crippen LogP contribution in [-0.4, -0.2) is 60.0 Å². The Bertz CT molecular complexity index is 513. The highest BCUT2D eigenvalue weighted by Gasteiger charge is 2.26. The molecule has 0 aliphatic carbocycles. The maximum absolute atomic E-state index is 12.6. The number of piperidine rings is 1. The van der Waals surface area contributed by atoms with Gasteiger partial charge in [0, 0.05) is 51.5 Å². The quantitative estimate of drug-likeness (QED) is 0.867. The van der Waals surface area contributed by atoms with Gasteiger partial charge in [-0.15, -0.1) is 12.4 Å². The van der Waals surface area contributed by atoms with E-state index >= 15 is 0 Å². The summed E-state index contributed by atoms with van der Waals surface area (Å²) in [6, 6.07) is 4.10. The average Bonchev–Trinajstić information content (AvgIpc) is 2.64. The molecule has 5 nitrogen and oxygen atoms in total. The molecule has 6 heteroatoms. The van der Waals surface area contributed by atoms with Crippen LogP contribution >= 0.6 is 12.4 Å². The highest BCUT2D eigenvalue weighted by molar-refractivity contribution is 5.85. The number of carbonyl (C=O) groups excluding carboxylic acids is 1. The van der Waals surface area contributed by atoms with Crippen molar-refractivity contribution < 1.29 is 4.79 Å². The Balaban J connectivity index is 0.00000225. The van der Waals surface area contributed by atoms with Crippen LogP contribution in [0.1, 0.15) is 31.7 Å². The summed E-state index contributed by atoms with van der Waals surface area (Å²) < 4.78 is 0. The Kier molecular flexibility index (Phi) is 8.13. The molecule has 2 fully saturated rings. The fourth-order valence-electron chi connectivity index (χ4n) is 3.84. The van der Waals surface area contributed by atoms with Crippen molar-refractivity contribution in [3.8, 4) is 0 Å². The van der Waals surface area contributed by atoms with Crippen LogP contribution < -0.4 is 5.32 Å². The van der Waals surface area contributed by atoms with E-state index in [1.807, 2.05) is 18.5 Å². The van der Waals surface area contributed by atoms with Crippen molar-refractivity contribution in [3.05, 3.63) is 30.1 Å². The summed E-state index contributed by atoms with van der Waals surface area (Å²) in [5.74, 6) is 1.49. The zero-order valence-corrected chi connectivity index (χ0v) is 16.0. The van der Waals surface area contributed by atoms with Gasteiger partial charge < -0.3 is 10.2 Å². The number of nitrogens with zero attached hydrogens (tertiary/aromatic N) is 3. The summed E-state index contributed by atoms with van der Waals surface area (Å²) in [6.45, 7) is 9.01. The number of hydrogen-bond donors (Lipinski definition) is 1. The lowest BCUT2D eigenvalue weighted by molar-refractivity contribution is -0.134. The maximum Gasteiger partial charge on any atom is 0.222 e. The molecule has 140 valence electrons. The van der Waals surface area contributed by atoms with Gasteiger partial charge >= 0.3 is 0 Å². The number of pyridine rings is 1. The van der Waals surface area contributed by atoms with Gasteiger partial charge in [0.15, 0.2) is 0 Å². The number of rotatable bonds is 5. The first-order valence-electron chi connectivity index (χ1n) is 9.32. The predicted octanol–water partition coefficient (Wildman–Crippen LogP) is 2.17. The molecule has 2 aliphatic heterocycles. The van der Waals surface area contributed by atoms with Crippen molar-refractivity contribution in [1.29, 1.82) is 0 Å². The fourth-order valence-corrected chi connectivity index (χ4v) is 3.84. The van der Waals surface area contributed by atoms with Gasteiger partial charge in [-0.1, -0.05) is 13.0 Å². The van der Waals surface area contributed by atoms with Gasteiger partial charge in [-0.3, -0.25) is 14.7 Å². The molecule has 0 bridgehead atoms. The van der Waals surface area contributed by atoms with Gasteiger partial charge in [0.05, 0.1) is 0 Å². The monoisotopic (exact) mass is 366 g/mol. The highest BCUT2D eigenvalue weighted by atomic mass is 35.5. The normalized spacial score (nSPS) is 22.9. The van der Waals surface area contributed by atoms with Crippen LogP contribution in [-0.2, 0) is 11.3 Å². The fraction of sp³-hybridized carbons (Fsp3) is 0.684. The molecule has 1 aromatic rings. The number of aromatic nitrogens is 1. The van der Waals surface area contributed by atoms with Crippen LogP contribution in [0.3, 0.4) is 0 Å². The summed E-state index contributed by atoms with van der Waals surface area (Å²) in [5.41, 5.74) is 1.25. The SMILES string of the molecule is CC(CC(=O)N1CCN(Cc2cccnc2)CC1)C1CCCNC1.Cl. The van der Waals surface area contributed by atoms with E-state index in [2.05, 4.69) is 33.1 Å². The summed E-state index contributed by atoms with van der Waals surface area (Å²) >= 11 is 0. The molecule has 3 rings (SSSR count). The molecule has 2 atom stereocenters. The van der Waals surface area contributed by atoms with Gasteiger partial charge in [-0.25, -0.2) is 0 Å². The van der Waals surface area contributed by atoms with Crippen LogP contribution in [0.5, 0.6) is 0 Å². The first kappa shape index (κ1) is 20.1. The van der Waals surface area contributed by atoms with Crippen molar-refractivity contribution in [3.63, 3.8) is 0 Å². The Labute approximate surface area is 157 Å². The van der Waals surface area contributed by atoms with Crippen LogP contribution in [0.2, 0.25) is 0 Å². The molecular weight excluding hydrogens is 336 g/mol. The zero-order valence-electron chi connectivity index (χ0n) is 15.2. The van der Waals surface area contributed by atoms with Crippen LogP contribution in [0, 0.1) is 11.8 Å². The van der Waals surface area contributed by atoms with E-state index in [1.165, 1.54) is 18.4 Å². The van der Waals surface area contributed by atoms with Gasteiger partial charge in [-0.05, 0) is 49.4 Å². The molecule has 0 radical (unpaired) electrons. The number of carbonyl (C=O) groups is 1. The van der Waals surface area contributed by atoms with E-state index in [1.54, 1.807) is 0 Å². The van der Waals surface area contributed by atoms with E-state index < -0.39 is 0 Å². The largest absolute Gasteiger partial charge is 0.340 e. The topological polar surface area (TPSA) is 48.5 Å². The maximum atomic E-state index is 12.6. The number of hydrogen-bond acceptors (Lipinski definition) is 4. The van der Waals surface area contributed by atoms with Crippen molar-refractivity contribution in [2.24, 2.45) is 11.8 Å². The lowest BCUT2D eigenvalue weighted by atomic mass is 9.85. The van der Waals surface area contributed by atoms with Crippen LogP contribution in [0.4, 0.5) is 0 Å². The molecule has 3 heterocycles. The van der Waals surface area contributed by atoms with Gasteiger partial charge in [0.1, 0.15) is 0 Å². The lowest BCUT2D eigenvalue weighted by Crippen LogP contribution is -2.48. The highest BCUT2D eigenvalue weighted by Crippen LogP contribution is 2.23. The second-order valence-electron chi connectivity index (χ2n) is 7.31. The van der Waals surface area contributed by atoms with Gasteiger partial charge in [0.2, 0.25) is 5.91 Å². The van der Waals surface area contributed by atoms with Gasteiger partial charge in [-0.2, -0.15) is 0 Å².